The highest BCUT2D eigenvalue weighted by Gasteiger charge is 2.31. The Morgan fingerprint density at radius 3 is 2.88 bits per heavy atom. The molecule has 2 heterocycles. The van der Waals surface area contributed by atoms with Crippen LogP contribution >= 0.6 is 0 Å². The van der Waals surface area contributed by atoms with Gasteiger partial charge in [0.1, 0.15) is 5.76 Å². The highest BCUT2D eigenvalue weighted by Crippen LogP contribution is 2.24. The molecule has 1 saturated heterocycles. The van der Waals surface area contributed by atoms with Gasteiger partial charge in [0.15, 0.2) is 0 Å². The second-order valence-corrected chi connectivity index (χ2v) is 4.86. The lowest BCUT2D eigenvalue weighted by Crippen LogP contribution is -2.46. The second kappa shape index (κ2) is 5.67. The van der Waals surface area contributed by atoms with E-state index in [9.17, 15) is 0 Å². The molecule has 2 N–H and O–H groups in total. The summed E-state index contributed by atoms with van der Waals surface area (Å²) < 4.78 is 11.3. The van der Waals surface area contributed by atoms with Gasteiger partial charge in [0, 0.05) is 12.6 Å². The fourth-order valence-electron chi connectivity index (χ4n) is 2.50. The van der Waals surface area contributed by atoms with Crippen LogP contribution in [0.2, 0.25) is 0 Å². The number of furan rings is 1. The Hall–Kier alpha value is -0.840. The van der Waals surface area contributed by atoms with E-state index in [1.165, 1.54) is 0 Å². The normalized spacial score (nSPS) is 26.6. The molecule has 0 spiro atoms. The highest BCUT2D eigenvalue weighted by atomic mass is 16.5. The van der Waals surface area contributed by atoms with E-state index in [0.29, 0.717) is 12.6 Å². The molecular formula is C13H22N2O2. The van der Waals surface area contributed by atoms with Crippen molar-refractivity contribution in [3.63, 3.8) is 0 Å². The summed E-state index contributed by atoms with van der Waals surface area (Å²) in [6.45, 7) is 3.53. The summed E-state index contributed by atoms with van der Waals surface area (Å²) in [4.78, 5) is 2.22. The predicted molar refractivity (Wildman–Crippen MR) is 66.6 cm³/mol. The van der Waals surface area contributed by atoms with Gasteiger partial charge in [-0.15, -0.1) is 0 Å². The van der Waals surface area contributed by atoms with Crippen LogP contribution in [0.3, 0.4) is 0 Å². The number of nitrogens with two attached hydrogens (primary N) is 1. The molecule has 1 aliphatic heterocycles. The molecule has 96 valence electrons. The lowest BCUT2D eigenvalue weighted by Gasteiger charge is -2.30. The molecule has 4 heteroatoms. The molecular weight excluding hydrogens is 216 g/mol. The van der Waals surface area contributed by atoms with Crippen molar-refractivity contribution in [2.24, 2.45) is 5.73 Å². The molecule has 4 nitrogen and oxygen atoms in total. The Bertz CT molecular complexity index is 326. The van der Waals surface area contributed by atoms with Gasteiger partial charge in [-0.1, -0.05) is 0 Å². The molecule has 0 bridgehead atoms. The van der Waals surface area contributed by atoms with Crippen molar-refractivity contribution in [3.05, 3.63) is 24.2 Å². The molecule has 1 fully saturated rings. The van der Waals surface area contributed by atoms with Crippen LogP contribution in [-0.2, 0) is 11.3 Å². The third kappa shape index (κ3) is 3.09. The van der Waals surface area contributed by atoms with Gasteiger partial charge in [-0.2, -0.15) is 0 Å². The topological polar surface area (TPSA) is 51.6 Å². The minimum absolute atomic E-state index is 0.259. The first-order valence-electron chi connectivity index (χ1n) is 6.29. The van der Waals surface area contributed by atoms with Crippen molar-refractivity contribution in [1.82, 2.24) is 4.90 Å². The van der Waals surface area contributed by atoms with Gasteiger partial charge in [-0.25, -0.2) is 0 Å². The maximum atomic E-state index is 5.90. The summed E-state index contributed by atoms with van der Waals surface area (Å²) in [5, 5.41) is 0. The third-order valence-electron chi connectivity index (χ3n) is 3.49. The molecule has 0 radical (unpaired) electrons. The van der Waals surface area contributed by atoms with Crippen molar-refractivity contribution >= 4 is 0 Å². The maximum Gasteiger partial charge on any atom is 0.117 e. The molecule has 3 unspecified atom stereocenters. The van der Waals surface area contributed by atoms with Crippen molar-refractivity contribution in [3.8, 4) is 0 Å². The van der Waals surface area contributed by atoms with Crippen LogP contribution in [0.15, 0.2) is 22.8 Å². The molecule has 0 amide bonds. The Morgan fingerprint density at radius 1 is 1.53 bits per heavy atom. The van der Waals surface area contributed by atoms with Crippen LogP contribution in [0.1, 0.15) is 25.5 Å². The minimum atomic E-state index is 0.259. The minimum Gasteiger partial charge on any atom is -0.468 e. The van der Waals surface area contributed by atoms with Crippen molar-refractivity contribution in [2.45, 2.75) is 44.6 Å². The Kier molecular flexibility index (Phi) is 4.20. The van der Waals surface area contributed by atoms with E-state index in [1.54, 1.807) is 6.26 Å². The monoisotopic (exact) mass is 238 g/mol. The summed E-state index contributed by atoms with van der Waals surface area (Å²) in [7, 11) is 2.08. The zero-order chi connectivity index (χ0) is 12.3. The van der Waals surface area contributed by atoms with Crippen LogP contribution < -0.4 is 5.73 Å². The first-order chi connectivity index (χ1) is 8.20. The molecule has 3 atom stereocenters. The molecule has 0 aromatic carbocycles. The van der Waals surface area contributed by atoms with Crippen LogP contribution in [0.25, 0.3) is 0 Å². The lowest BCUT2D eigenvalue weighted by atomic mass is 10.1. The average molecular weight is 238 g/mol. The molecule has 0 saturated carbocycles. The zero-order valence-corrected chi connectivity index (χ0v) is 10.6. The first-order valence-corrected chi connectivity index (χ1v) is 6.29. The van der Waals surface area contributed by atoms with Gasteiger partial charge in [-0.3, -0.25) is 4.90 Å². The average Bonchev–Trinajstić information content (AvgIpc) is 2.91. The van der Waals surface area contributed by atoms with Crippen LogP contribution in [-0.4, -0.2) is 36.7 Å². The van der Waals surface area contributed by atoms with E-state index in [1.807, 2.05) is 12.1 Å². The van der Waals surface area contributed by atoms with Gasteiger partial charge >= 0.3 is 0 Å². The molecule has 1 aromatic heterocycles. The summed E-state index contributed by atoms with van der Waals surface area (Å²) in [5.74, 6) is 0.969. The van der Waals surface area contributed by atoms with E-state index in [4.69, 9.17) is 14.9 Å². The van der Waals surface area contributed by atoms with E-state index in [0.717, 1.165) is 25.1 Å². The maximum absolute atomic E-state index is 5.90. The summed E-state index contributed by atoms with van der Waals surface area (Å²) >= 11 is 0. The van der Waals surface area contributed by atoms with Gasteiger partial charge in [0.25, 0.3) is 0 Å². The number of nitrogens with zero attached hydrogens (tertiary/aromatic N) is 1. The fraction of sp³-hybridized carbons (Fsp3) is 0.692. The van der Waals surface area contributed by atoms with Crippen molar-refractivity contribution in [1.29, 1.82) is 0 Å². The van der Waals surface area contributed by atoms with Crippen LogP contribution in [0.5, 0.6) is 0 Å². The number of hydrogen-bond donors (Lipinski definition) is 1. The number of likely N-dealkylation sites (N-methyl/N-ethyl adjacent to an activating group) is 1. The van der Waals surface area contributed by atoms with E-state index >= 15 is 0 Å². The summed E-state index contributed by atoms with van der Waals surface area (Å²) in [5.41, 5.74) is 5.88. The van der Waals surface area contributed by atoms with E-state index in [-0.39, 0.29) is 12.1 Å². The molecule has 0 aliphatic carbocycles. The van der Waals surface area contributed by atoms with Gasteiger partial charge in [0.2, 0.25) is 0 Å². The Morgan fingerprint density at radius 2 is 2.35 bits per heavy atom. The van der Waals surface area contributed by atoms with Crippen molar-refractivity contribution < 1.29 is 9.15 Å². The quantitative estimate of drug-likeness (QED) is 0.846. The van der Waals surface area contributed by atoms with Crippen LogP contribution in [0, 0.1) is 0 Å². The highest BCUT2D eigenvalue weighted by molar-refractivity contribution is 4.98. The summed E-state index contributed by atoms with van der Waals surface area (Å²) in [6.07, 6.45) is 4.57. The lowest BCUT2D eigenvalue weighted by molar-refractivity contribution is -0.000535. The molecule has 17 heavy (non-hydrogen) atoms. The standard InChI is InChI=1S/C13H22N2O2/c1-10-5-6-13(17-10)12(8-14)15(2)9-11-4-3-7-16-11/h3-4,7,10,12-13H,5-6,8-9,14H2,1-2H3. The number of hydrogen-bond acceptors (Lipinski definition) is 4. The Labute approximate surface area is 103 Å². The Balaban J connectivity index is 1.93. The van der Waals surface area contributed by atoms with E-state index in [2.05, 4.69) is 18.9 Å². The van der Waals surface area contributed by atoms with E-state index < -0.39 is 0 Å². The number of rotatable bonds is 5. The largest absolute Gasteiger partial charge is 0.468 e. The molecule has 2 rings (SSSR count). The van der Waals surface area contributed by atoms with Crippen molar-refractivity contribution in [2.75, 3.05) is 13.6 Å². The van der Waals surface area contributed by atoms with Crippen LogP contribution in [0.4, 0.5) is 0 Å². The fourth-order valence-corrected chi connectivity index (χ4v) is 2.50. The molecule has 1 aliphatic rings. The third-order valence-corrected chi connectivity index (χ3v) is 3.49. The zero-order valence-electron chi connectivity index (χ0n) is 10.6. The van der Waals surface area contributed by atoms with Gasteiger partial charge in [-0.05, 0) is 38.9 Å². The SMILES string of the molecule is CC1CCC(C(CN)N(C)Cc2ccco2)O1. The first kappa shape index (κ1) is 12.6. The predicted octanol–water partition coefficient (Wildman–Crippen LogP) is 1.61. The van der Waals surface area contributed by atoms with Gasteiger partial charge in [0.05, 0.1) is 25.0 Å². The number of ether oxygens (including phenoxy) is 1. The van der Waals surface area contributed by atoms with Gasteiger partial charge < -0.3 is 14.9 Å². The smallest absolute Gasteiger partial charge is 0.117 e. The summed E-state index contributed by atoms with van der Waals surface area (Å²) in [6, 6.07) is 4.17. The second-order valence-electron chi connectivity index (χ2n) is 4.86. The molecule has 1 aromatic rings.